The molecule has 1 amide bonds. The van der Waals surface area contributed by atoms with Crippen molar-refractivity contribution in [3.8, 4) is 5.75 Å². The maximum absolute atomic E-state index is 12.3. The Morgan fingerprint density at radius 1 is 1.14 bits per heavy atom. The van der Waals surface area contributed by atoms with Crippen molar-refractivity contribution in [1.82, 2.24) is 5.32 Å². The number of carbonyl (C=O) groups is 1. The highest BCUT2D eigenvalue weighted by Crippen LogP contribution is 2.26. The van der Waals surface area contributed by atoms with Gasteiger partial charge in [-0.05, 0) is 29.2 Å². The third kappa shape index (κ3) is 5.06. The summed E-state index contributed by atoms with van der Waals surface area (Å²) in [5.41, 5.74) is 10.1. The molecule has 150 valence electrons. The Balaban J connectivity index is 0.00000280. The van der Waals surface area contributed by atoms with E-state index >= 15 is 0 Å². The molecule has 1 heterocycles. The van der Waals surface area contributed by atoms with Gasteiger partial charge < -0.3 is 20.2 Å². The standard InChI is InChI=1S/C22H26N2O3.ClH/c1-14(2)15-4-6-16(7-5-15)20(23)12-24-22(25)10-17-13-27-21-11-18(26-3)8-9-19(17)21;/h4-9,11,13-14,20H,10,12,23H2,1-3H3,(H,24,25);1H. The molecule has 5 nitrogen and oxygen atoms in total. The third-order valence-corrected chi connectivity index (χ3v) is 4.76. The van der Waals surface area contributed by atoms with Gasteiger partial charge in [-0.1, -0.05) is 38.1 Å². The average Bonchev–Trinajstić information content (AvgIpc) is 3.08. The molecule has 3 N–H and O–H groups in total. The summed E-state index contributed by atoms with van der Waals surface area (Å²) in [6, 6.07) is 13.6. The first kappa shape index (κ1) is 21.8. The highest BCUT2D eigenvalue weighted by Gasteiger charge is 2.13. The van der Waals surface area contributed by atoms with Crippen molar-refractivity contribution in [2.45, 2.75) is 32.2 Å². The Kier molecular flexibility index (Phi) is 7.49. The van der Waals surface area contributed by atoms with E-state index in [2.05, 4.69) is 31.3 Å². The SMILES string of the molecule is COc1ccc2c(CC(=O)NCC(N)c3ccc(C(C)C)cc3)coc2c1.Cl. The molecule has 0 fully saturated rings. The van der Waals surface area contributed by atoms with Crippen LogP contribution in [0.1, 0.15) is 42.5 Å². The number of ether oxygens (including phenoxy) is 1. The van der Waals surface area contributed by atoms with Crippen LogP contribution in [0.4, 0.5) is 0 Å². The minimum absolute atomic E-state index is 0. The highest BCUT2D eigenvalue weighted by molar-refractivity contribution is 5.88. The quantitative estimate of drug-likeness (QED) is 0.616. The lowest BCUT2D eigenvalue weighted by Gasteiger charge is -2.14. The van der Waals surface area contributed by atoms with E-state index in [0.29, 0.717) is 18.0 Å². The zero-order valence-electron chi connectivity index (χ0n) is 16.4. The number of furan rings is 1. The van der Waals surface area contributed by atoms with E-state index in [0.717, 1.165) is 22.3 Å². The van der Waals surface area contributed by atoms with E-state index in [1.54, 1.807) is 13.4 Å². The molecule has 0 spiro atoms. The van der Waals surface area contributed by atoms with Gasteiger partial charge in [-0.2, -0.15) is 0 Å². The second-order valence-corrected chi connectivity index (χ2v) is 7.03. The molecule has 3 aromatic rings. The highest BCUT2D eigenvalue weighted by atomic mass is 35.5. The summed E-state index contributed by atoms with van der Waals surface area (Å²) >= 11 is 0. The van der Waals surface area contributed by atoms with Crippen LogP contribution in [0, 0.1) is 0 Å². The molecule has 0 aliphatic rings. The molecule has 6 heteroatoms. The second kappa shape index (κ2) is 9.62. The molecule has 0 radical (unpaired) electrons. The number of nitrogens with two attached hydrogens (primary N) is 1. The van der Waals surface area contributed by atoms with Crippen molar-refractivity contribution in [2.75, 3.05) is 13.7 Å². The minimum Gasteiger partial charge on any atom is -0.497 e. The summed E-state index contributed by atoms with van der Waals surface area (Å²) in [4.78, 5) is 12.3. The van der Waals surface area contributed by atoms with E-state index < -0.39 is 0 Å². The molecule has 1 atom stereocenters. The van der Waals surface area contributed by atoms with Gasteiger partial charge in [0.1, 0.15) is 11.3 Å². The van der Waals surface area contributed by atoms with Crippen LogP contribution < -0.4 is 15.8 Å². The van der Waals surface area contributed by atoms with E-state index in [-0.39, 0.29) is 30.8 Å². The molecular weight excluding hydrogens is 376 g/mol. The zero-order chi connectivity index (χ0) is 19.4. The monoisotopic (exact) mass is 402 g/mol. The number of nitrogens with one attached hydrogen (secondary N) is 1. The first-order valence-corrected chi connectivity index (χ1v) is 9.14. The number of hydrogen-bond donors (Lipinski definition) is 2. The molecule has 0 saturated heterocycles. The number of halogens is 1. The number of fused-ring (bicyclic) bond motifs is 1. The molecule has 1 unspecified atom stereocenters. The topological polar surface area (TPSA) is 77.5 Å². The number of hydrogen-bond acceptors (Lipinski definition) is 4. The largest absolute Gasteiger partial charge is 0.497 e. The first-order valence-electron chi connectivity index (χ1n) is 9.14. The van der Waals surface area contributed by atoms with E-state index in [4.69, 9.17) is 14.9 Å². The van der Waals surface area contributed by atoms with Crippen molar-refractivity contribution in [3.63, 3.8) is 0 Å². The molecule has 3 rings (SSSR count). The van der Waals surface area contributed by atoms with Crippen molar-refractivity contribution in [3.05, 3.63) is 65.4 Å². The number of methoxy groups -OCH3 is 1. The predicted octanol–water partition coefficient (Wildman–Crippen LogP) is 4.35. The normalized spacial score (nSPS) is 11.9. The predicted molar refractivity (Wildman–Crippen MR) is 114 cm³/mol. The van der Waals surface area contributed by atoms with Gasteiger partial charge in [-0.25, -0.2) is 0 Å². The van der Waals surface area contributed by atoms with Crippen molar-refractivity contribution in [1.29, 1.82) is 0 Å². The second-order valence-electron chi connectivity index (χ2n) is 7.03. The average molecular weight is 403 g/mol. The summed E-state index contributed by atoms with van der Waals surface area (Å²) in [6.07, 6.45) is 1.87. The van der Waals surface area contributed by atoms with Crippen LogP contribution in [-0.2, 0) is 11.2 Å². The summed E-state index contributed by atoms with van der Waals surface area (Å²) in [7, 11) is 1.61. The van der Waals surface area contributed by atoms with Crippen molar-refractivity contribution in [2.24, 2.45) is 5.73 Å². The minimum atomic E-state index is -0.236. The Bertz CT molecular complexity index is 919. The van der Waals surface area contributed by atoms with Crippen LogP contribution >= 0.6 is 12.4 Å². The van der Waals surface area contributed by atoms with Gasteiger partial charge in [0, 0.05) is 29.6 Å². The molecule has 0 aliphatic carbocycles. The fourth-order valence-corrected chi connectivity index (χ4v) is 3.03. The molecule has 0 bridgehead atoms. The third-order valence-electron chi connectivity index (χ3n) is 4.76. The molecule has 2 aromatic carbocycles. The smallest absolute Gasteiger partial charge is 0.224 e. The lowest BCUT2D eigenvalue weighted by atomic mass is 9.99. The van der Waals surface area contributed by atoms with Gasteiger partial charge in [-0.15, -0.1) is 12.4 Å². The Morgan fingerprint density at radius 2 is 1.82 bits per heavy atom. The maximum atomic E-state index is 12.3. The first-order chi connectivity index (χ1) is 13.0. The van der Waals surface area contributed by atoms with Crippen molar-refractivity contribution >= 4 is 29.3 Å². The number of amides is 1. The lowest BCUT2D eigenvalue weighted by molar-refractivity contribution is -0.120. The van der Waals surface area contributed by atoms with Gasteiger partial charge >= 0.3 is 0 Å². The van der Waals surface area contributed by atoms with E-state index in [1.165, 1.54) is 5.56 Å². The van der Waals surface area contributed by atoms with Crippen LogP contribution in [0.2, 0.25) is 0 Å². The Hall–Kier alpha value is -2.50. The molecule has 0 saturated carbocycles. The summed E-state index contributed by atoms with van der Waals surface area (Å²) in [6.45, 7) is 4.71. The van der Waals surface area contributed by atoms with Crippen molar-refractivity contribution < 1.29 is 13.9 Å². The molecule has 28 heavy (non-hydrogen) atoms. The van der Waals surface area contributed by atoms with Gasteiger partial charge in [-0.3, -0.25) is 4.79 Å². The zero-order valence-corrected chi connectivity index (χ0v) is 17.2. The van der Waals surface area contributed by atoms with Crippen LogP contribution in [0.15, 0.2) is 53.1 Å². The van der Waals surface area contributed by atoms with Crippen LogP contribution in [-0.4, -0.2) is 19.6 Å². The van der Waals surface area contributed by atoms with Gasteiger partial charge in [0.15, 0.2) is 0 Å². The maximum Gasteiger partial charge on any atom is 0.224 e. The fourth-order valence-electron chi connectivity index (χ4n) is 3.03. The number of benzene rings is 2. The molecular formula is C22H27ClN2O3. The summed E-state index contributed by atoms with van der Waals surface area (Å²) in [5, 5.41) is 3.83. The Labute approximate surface area is 171 Å². The lowest BCUT2D eigenvalue weighted by Crippen LogP contribution is -2.32. The summed E-state index contributed by atoms with van der Waals surface area (Å²) < 4.78 is 10.7. The van der Waals surface area contributed by atoms with Gasteiger partial charge in [0.2, 0.25) is 5.91 Å². The van der Waals surface area contributed by atoms with E-state index in [9.17, 15) is 4.79 Å². The molecule has 0 aliphatic heterocycles. The molecule has 1 aromatic heterocycles. The number of carbonyl (C=O) groups excluding carboxylic acids is 1. The Morgan fingerprint density at radius 3 is 2.46 bits per heavy atom. The van der Waals surface area contributed by atoms with E-state index in [1.807, 2.05) is 30.3 Å². The van der Waals surface area contributed by atoms with Crippen LogP contribution in [0.25, 0.3) is 11.0 Å². The number of rotatable bonds is 7. The fraction of sp³-hybridized carbons (Fsp3) is 0.318. The van der Waals surface area contributed by atoms with Gasteiger partial charge in [0.25, 0.3) is 0 Å². The van der Waals surface area contributed by atoms with Gasteiger partial charge in [0.05, 0.1) is 19.8 Å². The van der Waals surface area contributed by atoms with Crippen LogP contribution in [0.3, 0.4) is 0 Å². The van der Waals surface area contributed by atoms with Crippen LogP contribution in [0.5, 0.6) is 5.75 Å². The summed E-state index contributed by atoms with van der Waals surface area (Å²) in [5.74, 6) is 1.13.